The van der Waals surface area contributed by atoms with Crippen molar-refractivity contribution in [1.82, 2.24) is 10.2 Å². The zero-order valence-electron chi connectivity index (χ0n) is 9.90. The fraction of sp³-hybridized carbons (Fsp3) is 0.250. The molecule has 1 aromatic rings. The largest absolute Gasteiger partial charge is 0.329 e. The fourth-order valence-corrected chi connectivity index (χ4v) is 1.60. The van der Waals surface area contributed by atoms with Gasteiger partial charge < -0.3 is 10.6 Å². The van der Waals surface area contributed by atoms with Crippen LogP contribution in [0.5, 0.6) is 0 Å². The molecule has 2 N–H and O–H groups in total. The van der Waals surface area contributed by atoms with Gasteiger partial charge in [0.05, 0.1) is 6.54 Å². The Morgan fingerprint density at radius 2 is 2.00 bits per heavy atom. The van der Waals surface area contributed by atoms with Gasteiger partial charge >= 0.3 is 6.03 Å². The summed E-state index contributed by atoms with van der Waals surface area (Å²) in [6.07, 6.45) is 0. The van der Waals surface area contributed by atoms with E-state index in [2.05, 4.69) is 10.6 Å². The molecule has 0 radical (unpaired) electrons. The van der Waals surface area contributed by atoms with E-state index in [-0.39, 0.29) is 19.0 Å². The second-order valence-electron chi connectivity index (χ2n) is 4.05. The molecule has 1 aromatic carbocycles. The lowest BCUT2D eigenvalue weighted by atomic mass is 10.2. The maximum atomic E-state index is 11.7. The maximum absolute atomic E-state index is 11.7. The van der Waals surface area contributed by atoms with E-state index in [9.17, 15) is 14.4 Å². The number of aryl methyl sites for hydroxylation is 1. The van der Waals surface area contributed by atoms with E-state index in [1.54, 1.807) is 12.1 Å². The van der Waals surface area contributed by atoms with Crippen LogP contribution in [0, 0.1) is 6.92 Å². The third-order valence-electron chi connectivity index (χ3n) is 2.57. The van der Waals surface area contributed by atoms with Crippen molar-refractivity contribution in [2.24, 2.45) is 0 Å². The highest BCUT2D eigenvalue weighted by Gasteiger charge is 2.29. The van der Waals surface area contributed by atoms with Gasteiger partial charge in [0.25, 0.3) is 5.91 Å². The van der Waals surface area contributed by atoms with Gasteiger partial charge in [0, 0.05) is 5.69 Å². The monoisotopic (exact) mass is 247 g/mol. The van der Waals surface area contributed by atoms with Crippen LogP contribution in [0.15, 0.2) is 24.3 Å². The number of imide groups is 1. The van der Waals surface area contributed by atoms with Gasteiger partial charge in [0.15, 0.2) is 0 Å². The Bertz CT molecular complexity index is 480. The van der Waals surface area contributed by atoms with E-state index >= 15 is 0 Å². The number of carbonyl (C=O) groups excluding carboxylic acids is 3. The zero-order valence-corrected chi connectivity index (χ0v) is 9.90. The molecule has 1 aliphatic rings. The summed E-state index contributed by atoms with van der Waals surface area (Å²) in [4.78, 5) is 35.1. The molecule has 6 heteroatoms. The van der Waals surface area contributed by atoms with Crippen LogP contribution in [0.4, 0.5) is 10.5 Å². The molecule has 1 heterocycles. The molecule has 0 spiro atoms. The Labute approximate surface area is 104 Å². The number of nitrogens with one attached hydrogen (secondary N) is 2. The smallest absolute Gasteiger partial charge is 0.325 e. The van der Waals surface area contributed by atoms with Gasteiger partial charge in [-0.1, -0.05) is 17.7 Å². The SMILES string of the molecule is Cc1ccc(NC(=O)CN2C(=O)CNC2=O)cc1. The summed E-state index contributed by atoms with van der Waals surface area (Å²) in [5, 5.41) is 4.98. The highest BCUT2D eigenvalue weighted by Crippen LogP contribution is 2.09. The van der Waals surface area contributed by atoms with E-state index in [0.29, 0.717) is 5.69 Å². The quantitative estimate of drug-likeness (QED) is 0.763. The fourth-order valence-electron chi connectivity index (χ4n) is 1.60. The van der Waals surface area contributed by atoms with Crippen LogP contribution in [0.1, 0.15) is 5.56 Å². The first-order valence-corrected chi connectivity index (χ1v) is 5.51. The first-order chi connectivity index (χ1) is 8.56. The van der Waals surface area contributed by atoms with Crippen molar-refractivity contribution >= 4 is 23.5 Å². The Morgan fingerprint density at radius 1 is 1.33 bits per heavy atom. The molecule has 0 atom stereocenters. The number of nitrogens with zero attached hydrogens (tertiary/aromatic N) is 1. The molecule has 1 aliphatic heterocycles. The number of anilines is 1. The summed E-state index contributed by atoms with van der Waals surface area (Å²) in [6, 6.07) is 6.73. The van der Waals surface area contributed by atoms with Crippen molar-refractivity contribution in [2.45, 2.75) is 6.92 Å². The second-order valence-corrected chi connectivity index (χ2v) is 4.05. The van der Waals surface area contributed by atoms with Crippen LogP contribution in [0.25, 0.3) is 0 Å². The molecule has 6 nitrogen and oxygen atoms in total. The summed E-state index contributed by atoms with van der Waals surface area (Å²) < 4.78 is 0. The molecule has 18 heavy (non-hydrogen) atoms. The summed E-state index contributed by atoms with van der Waals surface area (Å²) in [5.74, 6) is -0.789. The normalized spacial score (nSPS) is 14.6. The van der Waals surface area contributed by atoms with E-state index in [0.717, 1.165) is 10.5 Å². The predicted molar refractivity (Wildman–Crippen MR) is 64.9 cm³/mol. The molecule has 94 valence electrons. The van der Waals surface area contributed by atoms with Crippen molar-refractivity contribution < 1.29 is 14.4 Å². The van der Waals surface area contributed by atoms with Crippen molar-refractivity contribution in [2.75, 3.05) is 18.4 Å². The summed E-state index contributed by atoms with van der Waals surface area (Å²) in [7, 11) is 0. The summed E-state index contributed by atoms with van der Waals surface area (Å²) >= 11 is 0. The summed E-state index contributed by atoms with van der Waals surface area (Å²) in [5.41, 5.74) is 1.72. The highest BCUT2D eigenvalue weighted by molar-refractivity contribution is 6.06. The third kappa shape index (κ3) is 2.65. The topological polar surface area (TPSA) is 78.5 Å². The summed E-state index contributed by atoms with van der Waals surface area (Å²) in [6.45, 7) is 1.63. The standard InChI is InChI=1S/C12H13N3O3/c1-8-2-4-9(5-3-8)14-10(16)7-15-11(17)6-13-12(15)18/h2-5H,6-7H2,1H3,(H,13,18)(H,14,16). The lowest BCUT2D eigenvalue weighted by Gasteiger charge is -2.12. The Morgan fingerprint density at radius 3 is 2.56 bits per heavy atom. The van der Waals surface area contributed by atoms with Gasteiger partial charge in [0.2, 0.25) is 5.91 Å². The molecule has 2 rings (SSSR count). The maximum Gasteiger partial charge on any atom is 0.325 e. The van der Waals surface area contributed by atoms with Crippen molar-refractivity contribution in [3.05, 3.63) is 29.8 Å². The van der Waals surface area contributed by atoms with Crippen LogP contribution in [0.3, 0.4) is 0 Å². The second kappa shape index (κ2) is 4.87. The van der Waals surface area contributed by atoms with Gasteiger partial charge in [-0.3, -0.25) is 14.5 Å². The number of hydrogen-bond acceptors (Lipinski definition) is 3. The molecule has 1 fully saturated rings. The zero-order chi connectivity index (χ0) is 13.1. The number of urea groups is 1. The van der Waals surface area contributed by atoms with Gasteiger partial charge in [-0.15, -0.1) is 0 Å². The first kappa shape index (κ1) is 12.1. The lowest BCUT2D eigenvalue weighted by molar-refractivity contribution is -0.128. The molecule has 0 saturated carbocycles. The highest BCUT2D eigenvalue weighted by atomic mass is 16.2. The molecule has 0 bridgehead atoms. The van der Waals surface area contributed by atoms with Crippen LogP contribution < -0.4 is 10.6 Å². The molecule has 0 aliphatic carbocycles. The Kier molecular flexibility index (Phi) is 3.27. The minimum absolute atomic E-state index is 0.0450. The number of carbonyl (C=O) groups is 3. The molecule has 0 aromatic heterocycles. The number of amides is 4. The number of hydrogen-bond donors (Lipinski definition) is 2. The lowest BCUT2D eigenvalue weighted by Crippen LogP contribution is -2.38. The van der Waals surface area contributed by atoms with Crippen molar-refractivity contribution in [3.63, 3.8) is 0 Å². The van der Waals surface area contributed by atoms with Gasteiger partial charge in [-0.05, 0) is 19.1 Å². The van der Waals surface area contributed by atoms with E-state index in [4.69, 9.17) is 0 Å². The Hall–Kier alpha value is -2.37. The number of benzene rings is 1. The first-order valence-electron chi connectivity index (χ1n) is 5.51. The van der Waals surface area contributed by atoms with Gasteiger partial charge in [-0.25, -0.2) is 4.79 Å². The molecule has 0 unspecified atom stereocenters. The van der Waals surface area contributed by atoms with Crippen LogP contribution >= 0.6 is 0 Å². The average Bonchev–Trinajstić information content (AvgIpc) is 2.64. The third-order valence-corrected chi connectivity index (χ3v) is 2.57. The molecule has 1 saturated heterocycles. The molecular weight excluding hydrogens is 234 g/mol. The molecular formula is C12H13N3O3. The minimum Gasteiger partial charge on any atom is -0.329 e. The molecule has 4 amide bonds. The predicted octanol–water partition coefficient (Wildman–Crippen LogP) is 0.485. The van der Waals surface area contributed by atoms with Crippen LogP contribution in [-0.4, -0.2) is 35.8 Å². The van der Waals surface area contributed by atoms with Gasteiger partial charge in [0.1, 0.15) is 6.54 Å². The van der Waals surface area contributed by atoms with Gasteiger partial charge in [-0.2, -0.15) is 0 Å². The van der Waals surface area contributed by atoms with Crippen molar-refractivity contribution in [1.29, 1.82) is 0 Å². The average molecular weight is 247 g/mol. The van der Waals surface area contributed by atoms with E-state index in [1.807, 2.05) is 19.1 Å². The van der Waals surface area contributed by atoms with Crippen LogP contribution in [0.2, 0.25) is 0 Å². The van der Waals surface area contributed by atoms with Crippen molar-refractivity contribution in [3.8, 4) is 0 Å². The number of rotatable bonds is 3. The minimum atomic E-state index is -0.529. The van der Waals surface area contributed by atoms with E-state index < -0.39 is 11.9 Å². The Balaban J connectivity index is 1.94. The van der Waals surface area contributed by atoms with E-state index in [1.165, 1.54) is 0 Å². The van der Waals surface area contributed by atoms with Crippen LogP contribution in [-0.2, 0) is 9.59 Å².